The van der Waals surface area contributed by atoms with Gasteiger partial charge in [-0.05, 0) is 30.4 Å². The van der Waals surface area contributed by atoms with Gasteiger partial charge in [-0.2, -0.15) is 5.10 Å². The number of thiocarbonyl (C=S) groups is 1. The average Bonchev–Trinajstić information content (AvgIpc) is 2.82. The van der Waals surface area contributed by atoms with Crippen LogP contribution in [0.15, 0.2) is 48.0 Å². The van der Waals surface area contributed by atoms with Crippen LogP contribution in [0.25, 0.3) is 0 Å². The summed E-state index contributed by atoms with van der Waals surface area (Å²) in [7, 11) is 0. The first kappa shape index (κ1) is 13.7. The van der Waals surface area contributed by atoms with Gasteiger partial charge in [-0.3, -0.25) is 10.4 Å². The minimum absolute atomic E-state index is 0.141. The summed E-state index contributed by atoms with van der Waals surface area (Å²) in [6.45, 7) is 0. The highest BCUT2D eigenvalue weighted by Crippen LogP contribution is 1.92. The lowest BCUT2D eigenvalue weighted by molar-refractivity contribution is 1.04. The van der Waals surface area contributed by atoms with E-state index in [0.29, 0.717) is 0 Å². The minimum atomic E-state index is 0.141. The zero-order valence-electron chi connectivity index (χ0n) is 9.58. The van der Waals surface area contributed by atoms with Gasteiger partial charge in [-0.15, -0.1) is 0 Å². The molecular weight excluding hydrogens is 248 g/mol. The van der Waals surface area contributed by atoms with E-state index in [1.165, 1.54) is 0 Å². The van der Waals surface area contributed by atoms with Crippen molar-refractivity contribution in [2.24, 2.45) is 10.8 Å². The maximum Gasteiger partial charge on any atom is 0.184 e. The van der Waals surface area contributed by atoms with Gasteiger partial charge in [-0.1, -0.05) is 6.07 Å². The van der Waals surface area contributed by atoms with E-state index in [1.54, 1.807) is 30.9 Å². The number of hydrogen-bond donors (Lipinski definition) is 4. The average molecular weight is 262 g/mol. The number of hydrazone groups is 1. The molecule has 0 unspecified atom stereocenters. The second-order valence-corrected chi connectivity index (χ2v) is 3.57. The van der Waals surface area contributed by atoms with Crippen LogP contribution >= 0.6 is 12.2 Å². The molecule has 0 aromatic carbocycles. The molecule has 7 heteroatoms. The van der Waals surface area contributed by atoms with Crippen molar-refractivity contribution in [2.45, 2.75) is 0 Å². The van der Waals surface area contributed by atoms with Crippen LogP contribution in [0.2, 0.25) is 0 Å². The zero-order valence-corrected chi connectivity index (χ0v) is 10.4. The van der Waals surface area contributed by atoms with Gasteiger partial charge in [0.05, 0.1) is 11.9 Å². The minimum Gasteiger partial charge on any atom is -0.398 e. The molecule has 0 atom stereocenters. The third-order valence-electron chi connectivity index (χ3n) is 1.68. The van der Waals surface area contributed by atoms with Crippen molar-refractivity contribution < 1.29 is 0 Å². The predicted molar refractivity (Wildman–Crippen MR) is 77.0 cm³/mol. The van der Waals surface area contributed by atoms with Gasteiger partial charge in [0.25, 0.3) is 0 Å². The zero-order chi connectivity index (χ0) is 13.2. The molecule has 6 nitrogen and oxygen atoms in total. The summed E-state index contributed by atoms with van der Waals surface area (Å²) in [5.41, 5.74) is 14.4. The van der Waals surface area contributed by atoms with Crippen LogP contribution in [0.5, 0.6) is 0 Å². The van der Waals surface area contributed by atoms with Crippen molar-refractivity contribution in [3.8, 4) is 0 Å². The molecule has 0 saturated heterocycles. The largest absolute Gasteiger partial charge is 0.398 e. The highest BCUT2D eigenvalue weighted by molar-refractivity contribution is 7.80. The number of hydrogen-bond acceptors (Lipinski definition) is 4. The summed E-state index contributed by atoms with van der Waals surface area (Å²) in [5.74, 6) is 0. The van der Waals surface area contributed by atoms with Crippen molar-refractivity contribution in [3.05, 3.63) is 48.5 Å². The van der Waals surface area contributed by atoms with Gasteiger partial charge in [0.1, 0.15) is 0 Å². The summed E-state index contributed by atoms with van der Waals surface area (Å²) in [6, 6.07) is 7.33. The summed E-state index contributed by atoms with van der Waals surface area (Å²) in [4.78, 5) is 6.81. The molecule has 2 aromatic heterocycles. The van der Waals surface area contributed by atoms with E-state index in [0.717, 1.165) is 11.4 Å². The standard InChI is InChI=1S/C7H8N4S.C4H6N2/c8-7(12)11-10-5-6-3-1-2-4-9-6;5-4-1-2-6-3-4/h1-5H,(H3,8,11,12);1-3,6H,5H2. The van der Waals surface area contributed by atoms with Gasteiger partial charge < -0.3 is 16.5 Å². The summed E-state index contributed by atoms with van der Waals surface area (Å²) in [5, 5.41) is 3.88. The van der Waals surface area contributed by atoms with Crippen LogP contribution in [0.4, 0.5) is 5.69 Å². The van der Waals surface area contributed by atoms with Crippen LogP contribution in [0, 0.1) is 0 Å². The molecule has 6 N–H and O–H groups in total. The highest BCUT2D eigenvalue weighted by Gasteiger charge is 1.84. The molecule has 2 rings (SSSR count). The van der Waals surface area contributed by atoms with Crippen molar-refractivity contribution >= 4 is 29.2 Å². The van der Waals surface area contributed by atoms with Crippen molar-refractivity contribution in [2.75, 3.05) is 5.73 Å². The third-order valence-corrected chi connectivity index (χ3v) is 1.77. The first-order valence-corrected chi connectivity index (χ1v) is 5.47. The lowest BCUT2D eigenvalue weighted by Gasteiger charge is -1.92. The molecule has 0 fully saturated rings. The molecule has 0 aliphatic rings. The number of nitrogens with one attached hydrogen (secondary N) is 2. The lowest BCUT2D eigenvalue weighted by atomic mass is 10.4. The normalized spacial score (nSPS) is 9.56. The van der Waals surface area contributed by atoms with Crippen molar-refractivity contribution in [3.63, 3.8) is 0 Å². The molecule has 2 aromatic rings. The Morgan fingerprint density at radius 3 is 2.72 bits per heavy atom. The quantitative estimate of drug-likeness (QED) is 0.365. The van der Waals surface area contributed by atoms with E-state index in [1.807, 2.05) is 18.2 Å². The van der Waals surface area contributed by atoms with Crippen molar-refractivity contribution in [1.82, 2.24) is 15.4 Å². The van der Waals surface area contributed by atoms with E-state index in [-0.39, 0.29) is 5.11 Å². The fourth-order valence-corrected chi connectivity index (χ4v) is 1.00. The van der Waals surface area contributed by atoms with Gasteiger partial charge in [0.15, 0.2) is 5.11 Å². The van der Waals surface area contributed by atoms with E-state index >= 15 is 0 Å². The topological polar surface area (TPSA) is 105 Å². The molecule has 2 heterocycles. The SMILES string of the molecule is NC(=S)NN=Cc1ccccn1.Nc1cc[nH]c1. The Kier molecular flexibility index (Phi) is 5.91. The smallest absolute Gasteiger partial charge is 0.184 e. The number of nitrogen functional groups attached to an aromatic ring is 1. The first-order valence-electron chi connectivity index (χ1n) is 5.06. The molecule has 0 saturated carbocycles. The molecule has 0 amide bonds. The summed E-state index contributed by atoms with van der Waals surface area (Å²) >= 11 is 4.54. The Morgan fingerprint density at radius 2 is 2.28 bits per heavy atom. The molecule has 0 radical (unpaired) electrons. The maximum absolute atomic E-state index is 5.25. The summed E-state index contributed by atoms with van der Waals surface area (Å²) in [6.07, 6.45) is 6.75. The van der Waals surface area contributed by atoms with Gasteiger partial charge in [-0.25, -0.2) is 0 Å². The number of aromatic amines is 1. The van der Waals surface area contributed by atoms with Crippen LogP contribution in [-0.4, -0.2) is 21.3 Å². The number of nitrogens with two attached hydrogens (primary N) is 2. The molecule has 94 valence electrons. The molecule has 0 aliphatic heterocycles. The van der Waals surface area contributed by atoms with Gasteiger partial charge >= 0.3 is 0 Å². The highest BCUT2D eigenvalue weighted by atomic mass is 32.1. The summed E-state index contributed by atoms with van der Waals surface area (Å²) < 4.78 is 0. The molecule has 0 bridgehead atoms. The Morgan fingerprint density at radius 1 is 1.44 bits per heavy atom. The number of anilines is 1. The number of H-pyrrole nitrogens is 1. The van der Waals surface area contributed by atoms with E-state index in [2.05, 4.69) is 32.7 Å². The number of nitrogens with zero attached hydrogens (tertiary/aromatic N) is 2. The third kappa shape index (κ3) is 6.23. The molecule has 0 aliphatic carbocycles. The van der Waals surface area contributed by atoms with Crippen LogP contribution < -0.4 is 16.9 Å². The number of aromatic nitrogens is 2. The molecule has 18 heavy (non-hydrogen) atoms. The molecular formula is C11H14N6S. The Hall–Kier alpha value is -2.41. The van der Waals surface area contributed by atoms with Crippen LogP contribution in [0.1, 0.15) is 5.69 Å². The Balaban J connectivity index is 0.000000225. The maximum atomic E-state index is 5.25. The first-order chi connectivity index (χ1) is 8.68. The second-order valence-electron chi connectivity index (χ2n) is 3.13. The monoisotopic (exact) mass is 262 g/mol. The van der Waals surface area contributed by atoms with E-state index < -0.39 is 0 Å². The number of rotatable bonds is 2. The fourth-order valence-electron chi connectivity index (χ4n) is 0.951. The van der Waals surface area contributed by atoms with E-state index in [9.17, 15) is 0 Å². The Bertz CT molecular complexity index is 479. The van der Waals surface area contributed by atoms with Gasteiger partial charge in [0.2, 0.25) is 0 Å². The van der Waals surface area contributed by atoms with Gasteiger partial charge in [0, 0.05) is 24.3 Å². The molecule has 0 spiro atoms. The number of pyridine rings is 1. The van der Waals surface area contributed by atoms with Crippen LogP contribution in [-0.2, 0) is 0 Å². The fraction of sp³-hybridized carbons (Fsp3) is 0. The van der Waals surface area contributed by atoms with Crippen LogP contribution in [0.3, 0.4) is 0 Å². The lowest BCUT2D eigenvalue weighted by Crippen LogP contribution is -2.24. The Labute approximate surface area is 110 Å². The van der Waals surface area contributed by atoms with E-state index in [4.69, 9.17) is 11.5 Å². The second kappa shape index (κ2) is 7.80. The van der Waals surface area contributed by atoms with Crippen molar-refractivity contribution in [1.29, 1.82) is 0 Å². The predicted octanol–water partition coefficient (Wildman–Crippen LogP) is 0.846.